The standard InChI is InChI=1S/C31H33F3N4O4/c1-19(39)28-20(17-42-2)14-26(40)37-30(28)38(23-15-24(32)29(34)25(33)16-23)27(41)10-13-36-22-8-11-31(18-35,12-9-22)21-6-4-3-5-7-21/h3-7,15-16,22,30,36H,8-14,17H2,1-2H3,(H,37,40). The van der Waals surface area contributed by atoms with E-state index in [0.717, 1.165) is 10.5 Å². The molecule has 1 atom stereocenters. The second kappa shape index (κ2) is 13.3. The van der Waals surface area contributed by atoms with Crippen LogP contribution >= 0.6 is 0 Å². The highest BCUT2D eigenvalue weighted by atomic mass is 19.2. The first-order chi connectivity index (χ1) is 20.1. The van der Waals surface area contributed by atoms with Crippen LogP contribution in [0.2, 0.25) is 0 Å². The highest BCUT2D eigenvalue weighted by molar-refractivity contribution is 6.04. The van der Waals surface area contributed by atoms with E-state index in [1.54, 1.807) is 0 Å². The van der Waals surface area contributed by atoms with Crippen molar-refractivity contribution in [3.63, 3.8) is 0 Å². The predicted molar refractivity (Wildman–Crippen MR) is 149 cm³/mol. The second-order valence-electron chi connectivity index (χ2n) is 10.7. The van der Waals surface area contributed by atoms with Crippen molar-refractivity contribution in [2.24, 2.45) is 0 Å². The summed E-state index contributed by atoms with van der Waals surface area (Å²) in [5, 5.41) is 15.9. The van der Waals surface area contributed by atoms with Crippen molar-refractivity contribution in [3.05, 3.63) is 76.6 Å². The van der Waals surface area contributed by atoms with Crippen molar-refractivity contribution in [3.8, 4) is 6.07 Å². The molecule has 2 amide bonds. The Labute approximate surface area is 242 Å². The van der Waals surface area contributed by atoms with Crippen molar-refractivity contribution in [2.45, 2.75) is 63.1 Å². The molecule has 2 aromatic carbocycles. The van der Waals surface area contributed by atoms with Gasteiger partial charge in [-0.05, 0) is 43.7 Å². The topological polar surface area (TPSA) is 112 Å². The Balaban J connectivity index is 1.53. The highest BCUT2D eigenvalue weighted by Crippen LogP contribution is 2.39. The third-order valence-electron chi connectivity index (χ3n) is 7.95. The summed E-state index contributed by atoms with van der Waals surface area (Å²) in [6.07, 6.45) is 1.00. The number of halogens is 3. The lowest BCUT2D eigenvalue weighted by atomic mass is 9.69. The average molecular weight is 583 g/mol. The summed E-state index contributed by atoms with van der Waals surface area (Å²) >= 11 is 0. The molecule has 8 nitrogen and oxygen atoms in total. The molecule has 222 valence electrons. The molecule has 0 spiro atoms. The van der Waals surface area contributed by atoms with Crippen LogP contribution in [0.25, 0.3) is 0 Å². The maximum atomic E-state index is 14.3. The van der Waals surface area contributed by atoms with Crippen LogP contribution in [0.3, 0.4) is 0 Å². The summed E-state index contributed by atoms with van der Waals surface area (Å²) in [5.41, 5.74) is 0.450. The molecule has 2 aliphatic rings. The predicted octanol–water partition coefficient (Wildman–Crippen LogP) is 4.20. The molecule has 11 heteroatoms. The van der Waals surface area contributed by atoms with Crippen molar-refractivity contribution in [2.75, 3.05) is 25.2 Å². The molecular formula is C31H33F3N4O4. The Morgan fingerprint density at radius 1 is 1.14 bits per heavy atom. The smallest absolute Gasteiger partial charge is 0.230 e. The van der Waals surface area contributed by atoms with Gasteiger partial charge in [0, 0.05) is 43.8 Å². The van der Waals surface area contributed by atoms with Gasteiger partial charge in [0.25, 0.3) is 0 Å². The SMILES string of the molecule is COCC1=C(C(C)=O)C(N(C(=O)CCNC2CCC(C#N)(c3ccccc3)CC2)c2cc(F)c(F)c(F)c2)NC(=O)C1. The van der Waals surface area contributed by atoms with Crippen molar-refractivity contribution < 1.29 is 32.3 Å². The normalized spacial score (nSPS) is 22.3. The fourth-order valence-corrected chi connectivity index (χ4v) is 5.86. The van der Waals surface area contributed by atoms with E-state index in [0.29, 0.717) is 43.4 Å². The van der Waals surface area contributed by atoms with E-state index in [1.165, 1.54) is 14.0 Å². The first-order valence-electron chi connectivity index (χ1n) is 13.8. The molecule has 0 aromatic heterocycles. The van der Waals surface area contributed by atoms with Crippen molar-refractivity contribution in [1.82, 2.24) is 10.6 Å². The number of carbonyl (C=O) groups is 3. The number of anilines is 1. The zero-order valence-electron chi connectivity index (χ0n) is 23.5. The number of hydrogen-bond donors (Lipinski definition) is 2. The van der Waals surface area contributed by atoms with Crippen LogP contribution in [0, 0.1) is 28.8 Å². The van der Waals surface area contributed by atoms with Gasteiger partial charge < -0.3 is 15.4 Å². The van der Waals surface area contributed by atoms with E-state index in [4.69, 9.17) is 4.74 Å². The molecule has 0 radical (unpaired) electrons. The summed E-state index contributed by atoms with van der Waals surface area (Å²) in [5.74, 6) is -6.37. The zero-order chi connectivity index (χ0) is 30.4. The molecule has 1 heterocycles. The van der Waals surface area contributed by atoms with Crippen LogP contribution in [0.1, 0.15) is 51.0 Å². The van der Waals surface area contributed by atoms with Crippen LogP contribution in [-0.2, 0) is 24.5 Å². The minimum Gasteiger partial charge on any atom is -0.380 e. The van der Waals surface area contributed by atoms with Crippen LogP contribution in [0.5, 0.6) is 0 Å². The summed E-state index contributed by atoms with van der Waals surface area (Å²) in [4.78, 5) is 39.9. The Bertz CT molecular complexity index is 1390. The van der Waals surface area contributed by atoms with Crippen LogP contribution in [0.4, 0.5) is 18.9 Å². The number of amides is 2. The lowest BCUT2D eigenvalue weighted by molar-refractivity contribution is -0.122. The van der Waals surface area contributed by atoms with E-state index < -0.39 is 46.6 Å². The fraction of sp³-hybridized carbons (Fsp3) is 0.419. The van der Waals surface area contributed by atoms with E-state index in [9.17, 15) is 32.8 Å². The number of nitrogens with one attached hydrogen (secondary N) is 2. The second-order valence-corrected chi connectivity index (χ2v) is 10.7. The Morgan fingerprint density at radius 3 is 2.36 bits per heavy atom. The number of Topliss-reactive ketones (excluding diaryl/α,β-unsaturated/α-hetero) is 1. The van der Waals surface area contributed by atoms with Crippen LogP contribution in [-0.4, -0.2) is 50.1 Å². The van der Waals surface area contributed by atoms with Gasteiger partial charge in [-0.15, -0.1) is 0 Å². The number of carbonyl (C=O) groups excluding carboxylic acids is 3. The minimum atomic E-state index is -1.70. The van der Waals surface area contributed by atoms with Gasteiger partial charge in [0.05, 0.1) is 30.2 Å². The number of hydrogen-bond acceptors (Lipinski definition) is 6. The van der Waals surface area contributed by atoms with Gasteiger partial charge in [-0.25, -0.2) is 13.2 Å². The Hall–Kier alpha value is -4.01. The van der Waals surface area contributed by atoms with Gasteiger partial charge in [-0.2, -0.15) is 5.26 Å². The van der Waals surface area contributed by atoms with Crippen LogP contribution in [0.15, 0.2) is 53.6 Å². The lowest BCUT2D eigenvalue weighted by Gasteiger charge is -2.37. The van der Waals surface area contributed by atoms with Gasteiger partial charge >= 0.3 is 0 Å². The average Bonchev–Trinajstić information content (AvgIpc) is 2.96. The first-order valence-corrected chi connectivity index (χ1v) is 13.8. The summed E-state index contributed by atoms with van der Waals surface area (Å²) in [6.45, 7) is 1.37. The van der Waals surface area contributed by atoms with Gasteiger partial charge in [0.15, 0.2) is 23.2 Å². The zero-order valence-corrected chi connectivity index (χ0v) is 23.5. The number of benzene rings is 2. The quantitative estimate of drug-likeness (QED) is 0.407. The van der Waals surface area contributed by atoms with Crippen molar-refractivity contribution >= 4 is 23.3 Å². The Kier molecular flexibility index (Phi) is 9.81. The first kappa shape index (κ1) is 30.9. The number of methoxy groups -OCH3 is 1. The molecule has 1 unspecified atom stereocenters. The number of ketones is 1. The van der Waals surface area contributed by atoms with Crippen molar-refractivity contribution in [1.29, 1.82) is 5.26 Å². The van der Waals surface area contributed by atoms with E-state index in [1.807, 2.05) is 30.3 Å². The molecule has 1 saturated carbocycles. The maximum Gasteiger partial charge on any atom is 0.230 e. The molecule has 42 heavy (non-hydrogen) atoms. The van der Waals surface area contributed by atoms with Gasteiger partial charge in [-0.1, -0.05) is 30.3 Å². The fourth-order valence-electron chi connectivity index (χ4n) is 5.86. The van der Waals surface area contributed by atoms with Gasteiger partial charge in [0.1, 0.15) is 6.17 Å². The highest BCUT2D eigenvalue weighted by Gasteiger charge is 2.39. The monoisotopic (exact) mass is 582 g/mol. The largest absolute Gasteiger partial charge is 0.380 e. The lowest BCUT2D eigenvalue weighted by Crippen LogP contribution is -2.56. The van der Waals surface area contributed by atoms with E-state index in [-0.39, 0.29) is 43.3 Å². The summed E-state index contributed by atoms with van der Waals surface area (Å²) in [7, 11) is 1.39. The molecular weight excluding hydrogens is 549 g/mol. The molecule has 1 aliphatic heterocycles. The van der Waals surface area contributed by atoms with E-state index in [2.05, 4.69) is 16.7 Å². The molecule has 1 aliphatic carbocycles. The summed E-state index contributed by atoms with van der Waals surface area (Å²) in [6, 6.07) is 13.5. The van der Waals surface area contributed by atoms with Gasteiger partial charge in [-0.3, -0.25) is 19.3 Å². The molecule has 2 N–H and O–H groups in total. The number of rotatable bonds is 10. The number of nitriles is 1. The molecule has 2 aromatic rings. The maximum absolute atomic E-state index is 14.3. The van der Waals surface area contributed by atoms with Crippen LogP contribution < -0.4 is 15.5 Å². The Morgan fingerprint density at radius 2 is 1.79 bits per heavy atom. The molecule has 0 bridgehead atoms. The third-order valence-corrected chi connectivity index (χ3v) is 7.95. The molecule has 1 fully saturated rings. The third kappa shape index (κ3) is 6.55. The molecule has 0 saturated heterocycles. The van der Waals surface area contributed by atoms with Gasteiger partial charge in [0.2, 0.25) is 11.8 Å². The number of ether oxygens (including phenoxy) is 1. The number of nitrogens with zero attached hydrogens (tertiary/aromatic N) is 2. The van der Waals surface area contributed by atoms with E-state index >= 15 is 0 Å². The minimum absolute atomic E-state index is 0.0347. The summed E-state index contributed by atoms with van der Waals surface area (Å²) < 4.78 is 47.6. The molecule has 4 rings (SSSR count).